The van der Waals surface area contributed by atoms with Crippen LogP contribution < -0.4 is 0 Å². The highest BCUT2D eigenvalue weighted by Gasteiger charge is 2.25. The van der Waals surface area contributed by atoms with Crippen LogP contribution in [-0.2, 0) is 11.3 Å². The number of hydrogen-bond donors (Lipinski definition) is 1. The molecule has 1 amide bonds. The number of carbonyl (C=O) groups excluding carboxylic acids is 1. The number of amides is 1. The molecule has 0 radical (unpaired) electrons. The number of carbonyl (C=O) groups is 1. The summed E-state index contributed by atoms with van der Waals surface area (Å²) in [6.45, 7) is 3.59. The van der Waals surface area contributed by atoms with Crippen LogP contribution in [0.4, 0.5) is 4.39 Å². The summed E-state index contributed by atoms with van der Waals surface area (Å²) in [7, 11) is 0. The molecule has 1 aliphatic rings. The van der Waals surface area contributed by atoms with E-state index in [2.05, 4.69) is 4.90 Å². The summed E-state index contributed by atoms with van der Waals surface area (Å²) in [4.78, 5) is 16.6. The lowest BCUT2D eigenvalue weighted by Gasteiger charge is -2.24. The van der Waals surface area contributed by atoms with E-state index in [0.29, 0.717) is 18.7 Å². The molecule has 1 heterocycles. The molecule has 0 unspecified atom stereocenters. The summed E-state index contributed by atoms with van der Waals surface area (Å²) in [6, 6.07) is 15.6. The van der Waals surface area contributed by atoms with Gasteiger partial charge in [-0.2, -0.15) is 0 Å². The van der Waals surface area contributed by atoms with Crippen LogP contribution in [0.25, 0.3) is 0 Å². The second-order valence-corrected chi connectivity index (χ2v) is 6.39. The maximum Gasteiger partial charge on any atom is 0.256 e. The van der Waals surface area contributed by atoms with Gasteiger partial charge in [-0.15, -0.1) is 0 Å². The van der Waals surface area contributed by atoms with Crippen molar-refractivity contribution >= 4 is 5.91 Å². The van der Waals surface area contributed by atoms with E-state index >= 15 is 0 Å². The smallest absolute Gasteiger partial charge is 0.256 e. The molecule has 4 nitrogen and oxygen atoms in total. The summed E-state index contributed by atoms with van der Waals surface area (Å²) in [5.41, 5.74) is 1.69. The van der Waals surface area contributed by atoms with Gasteiger partial charge in [-0.25, -0.2) is 4.39 Å². The second-order valence-electron chi connectivity index (χ2n) is 6.39. The van der Waals surface area contributed by atoms with Crippen molar-refractivity contribution in [2.24, 2.45) is 0 Å². The number of aliphatic hydroxyl groups is 1. The van der Waals surface area contributed by atoms with Crippen molar-refractivity contribution in [3.8, 4) is 0 Å². The molecule has 132 valence electrons. The van der Waals surface area contributed by atoms with E-state index in [0.717, 1.165) is 31.6 Å². The molecular weight excluding hydrogens is 319 g/mol. The molecule has 25 heavy (non-hydrogen) atoms. The SMILES string of the molecule is O=C([C@@H](O)c1ccccc1)N1CCCN(Cc2ccc(F)cc2)CC1. The van der Waals surface area contributed by atoms with E-state index in [1.54, 1.807) is 29.2 Å². The van der Waals surface area contributed by atoms with Gasteiger partial charge in [0, 0.05) is 32.7 Å². The van der Waals surface area contributed by atoms with E-state index < -0.39 is 6.10 Å². The third-order valence-electron chi connectivity index (χ3n) is 4.57. The molecule has 0 saturated carbocycles. The Labute approximate surface area is 147 Å². The predicted molar refractivity (Wildman–Crippen MR) is 94.3 cm³/mol. The van der Waals surface area contributed by atoms with Gasteiger partial charge in [-0.3, -0.25) is 9.69 Å². The minimum atomic E-state index is -1.11. The minimum absolute atomic E-state index is 0.230. The van der Waals surface area contributed by atoms with E-state index in [1.165, 1.54) is 12.1 Å². The molecular formula is C20H23FN2O2. The first-order valence-corrected chi connectivity index (χ1v) is 8.62. The van der Waals surface area contributed by atoms with Crippen molar-refractivity contribution in [3.63, 3.8) is 0 Å². The number of halogens is 1. The van der Waals surface area contributed by atoms with E-state index in [1.807, 2.05) is 18.2 Å². The molecule has 1 aliphatic heterocycles. The fourth-order valence-electron chi connectivity index (χ4n) is 3.15. The van der Waals surface area contributed by atoms with Crippen LogP contribution >= 0.6 is 0 Å². The lowest BCUT2D eigenvalue weighted by atomic mass is 10.1. The Morgan fingerprint density at radius 1 is 1.00 bits per heavy atom. The van der Waals surface area contributed by atoms with E-state index in [4.69, 9.17) is 0 Å². The molecule has 0 aliphatic carbocycles. The molecule has 2 aromatic rings. The normalized spacial score (nSPS) is 17.1. The molecule has 3 rings (SSSR count). The van der Waals surface area contributed by atoms with Crippen LogP contribution in [-0.4, -0.2) is 47.0 Å². The van der Waals surface area contributed by atoms with Gasteiger partial charge in [0.05, 0.1) is 0 Å². The van der Waals surface area contributed by atoms with Gasteiger partial charge < -0.3 is 10.0 Å². The molecule has 1 N–H and O–H groups in total. The Morgan fingerprint density at radius 3 is 2.44 bits per heavy atom. The maximum absolute atomic E-state index is 13.0. The summed E-state index contributed by atoms with van der Waals surface area (Å²) < 4.78 is 13.0. The van der Waals surface area contributed by atoms with Gasteiger partial charge in [-0.05, 0) is 29.7 Å². The van der Waals surface area contributed by atoms with Crippen LogP contribution in [0.3, 0.4) is 0 Å². The third kappa shape index (κ3) is 4.65. The van der Waals surface area contributed by atoms with Crippen molar-refractivity contribution in [1.29, 1.82) is 0 Å². The highest BCUT2D eigenvalue weighted by atomic mass is 19.1. The van der Waals surface area contributed by atoms with Crippen molar-refractivity contribution in [1.82, 2.24) is 9.80 Å². The monoisotopic (exact) mass is 342 g/mol. The van der Waals surface area contributed by atoms with Crippen LogP contribution in [0.15, 0.2) is 54.6 Å². The molecule has 0 bridgehead atoms. The number of benzene rings is 2. The Hall–Kier alpha value is -2.24. The van der Waals surface area contributed by atoms with Crippen molar-refractivity contribution in [2.75, 3.05) is 26.2 Å². The molecule has 5 heteroatoms. The Kier molecular flexibility index (Phi) is 5.79. The van der Waals surface area contributed by atoms with E-state index in [9.17, 15) is 14.3 Å². The van der Waals surface area contributed by atoms with Gasteiger partial charge in [0.15, 0.2) is 6.10 Å². The summed E-state index contributed by atoms with van der Waals surface area (Å²) in [5, 5.41) is 10.3. The lowest BCUT2D eigenvalue weighted by molar-refractivity contribution is -0.140. The van der Waals surface area contributed by atoms with Gasteiger partial charge >= 0.3 is 0 Å². The van der Waals surface area contributed by atoms with Crippen LogP contribution in [0.1, 0.15) is 23.7 Å². The first-order chi connectivity index (χ1) is 12.1. The number of rotatable bonds is 4. The Morgan fingerprint density at radius 2 is 1.72 bits per heavy atom. The van der Waals surface area contributed by atoms with Gasteiger partial charge in [0.2, 0.25) is 0 Å². The average molecular weight is 342 g/mol. The zero-order chi connectivity index (χ0) is 17.6. The zero-order valence-corrected chi connectivity index (χ0v) is 14.1. The minimum Gasteiger partial charge on any atom is -0.378 e. The highest BCUT2D eigenvalue weighted by molar-refractivity contribution is 5.82. The van der Waals surface area contributed by atoms with Crippen LogP contribution in [0.5, 0.6) is 0 Å². The molecule has 0 spiro atoms. The average Bonchev–Trinajstić information content (AvgIpc) is 2.89. The standard InChI is InChI=1S/C20H23FN2O2/c21-18-9-7-16(8-10-18)15-22-11-4-12-23(14-13-22)20(25)19(24)17-5-2-1-3-6-17/h1-3,5-10,19,24H,4,11-15H2/t19-/m0/s1. The maximum atomic E-state index is 13.0. The van der Waals surface area contributed by atoms with Gasteiger partial charge in [0.25, 0.3) is 5.91 Å². The molecule has 0 aromatic heterocycles. The topological polar surface area (TPSA) is 43.8 Å². The van der Waals surface area contributed by atoms with Crippen molar-refractivity contribution < 1.29 is 14.3 Å². The third-order valence-corrected chi connectivity index (χ3v) is 4.57. The highest BCUT2D eigenvalue weighted by Crippen LogP contribution is 2.17. The van der Waals surface area contributed by atoms with E-state index in [-0.39, 0.29) is 11.7 Å². The fourth-order valence-corrected chi connectivity index (χ4v) is 3.15. The zero-order valence-electron chi connectivity index (χ0n) is 14.1. The molecule has 2 aromatic carbocycles. The largest absolute Gasteiger partial charge is 0.378 e. The first-order valence-electron chi connectivity index (χ1n) is 8.62. The number of hydrogen-bond acceptors (Lipinski definition) is 3. The van der Waals surface area contributed by atoms with Crippen molar-refractivity contribution in [3.05, 3.63) is 71.5 Å². The van der Waals surface area contributed by atoms with Crippen molar-refractivity contribution in [2.45, 2.75) is 19.1 Å². The summed E-state index contributed by atoms with van der Waals surface area (Å²) in [5.74, 6) is -0.471. The predicted octanol–water partition coefficient (Wildman–Crippen LogP) is 2.59. The van der Waals surface area contributed by atoms with Crippen LogP contribution in [0.2, 0.25) is 0 Å². The summed E-state index contributed by atoms with van der Waals surface area (Å²) in [6.07, 6.45) is -0.251. The van der Waals surface area contributed by atoms with Gasteiger partial charge in [0.1, 0.15) is 5.82 Å². The lowest BCUT2D eigenvalue weighted by Crippen LogP contribution is -2.38. The second kappa shape index (κ2) is 8.23. The van der Waals surface area contributed by atoms with Crippen LogP contribution in [0, 0.1) is 5.82 Å². The van der Waals surface area contributed by atoms with Gasteiger partial charge in [-0.1, -0.05) is 42.5 Å². The summed E-state index contributed by atoms with van der Waals surface area (Å²) >= 11 is 0. The first kappa shape index (κ1) is 17.6. The molecule has 1 fully saturated rings. The Bertz CT molecular complexity index is 691. The molecule has 1 atom stereocenters. The quantitative estimate of drug-likeness (QED) is 0.929. The molecule has 1 saturated heterocycles. The Balaban J connectivity index is 1.57. The fraction of sp³-hybridized carbons (Fsp3) is 0.350. The number of nitrogens with zero attached hydrogens (tertiary/aromatic N) is 2. The number of aliphatic hydroxyl groups excluding tert-OH is 1.